The Balaban J connectivity index is 3.12. The third-order valence-corrected chi connectivity index (χ3v) is 2.33. The highest BCUT2D eigenvalue weighted by Gasteiger charge is 2.03. The number of hydrogen-bond acceptors (Lipinski definition) is 1. The Hall–Kier alpha value is -0.630. The lowest BCUT2D eigenvalue weighted by Crippen LogP contribution is -1.91. The first-order chi connectivity index (χ1) is 5.25. The Labute approximate surface area is 78.0 Å². The third kappa shape index (κ3) is 1.90. The van der Waals surface area contributed by atoms with Gasteiger partial charge in [0, 0.05) is 9.13 Å². The molecule has 1 aromatic carbocycles. The van der Waals surface area contributed by atoms with Crippen molar-refractivity contribution in [1.82, 2.24) is 0 Å². The maximum atomic E-state index is 12.9. The summed E-state index contributed by atoms with van der Waals surface area (Å²) in [6.45, 7) is 0. The van der Waals surface area contributed by atoms with E-state index in [1.54, 1.807) is 12.1 Å². The normalized spacial score (nSPS) is 9.18. The zero-order valence-electron chi connectivity index (χ0n) is 5.64. The summed E-state index contributed by atoms with van der Waals surface area (Å²) in [5, 5.41) is 8.35. The number of halogens is 2. The molecule has 0 radical (unpaired) electrons. The molecule has 0 bridgehead atoms. The second kappa shape index (κ2) is 3.67. The van der Waals surface area contributed by atoms with Gasteiger partial charge in [0.25, 0.3) is 0 Å². The maximum Gasteiger partial charge on any atom is 0.128 e. The molecule has 11 heavy (non-hydrogen) atoms. The molecule has 0 aliphatic rings. The van der Waals surface area contributed by atoms with Crippen LogP contribution < -0.4 is 0 Å². The predicted octanol–water partition coefficient (Wildman–Crippen LogP) is 2.50. The molecule has 3 heteroatoms. The van der Waals surface area contributed by atoms with Crippen molar-refractivity contribution < 1.29 is 4.39 Å². The second-order valence-corrected chi connectivity index (χ2v) is 3.20. The summed E-state index contributed by atoms with van der Waals surface area (Å²) in [5.74, 6) is -0.293. The van der Waals surface area contributed by atoms with Gasteiger partial charge in [-0.05, 0) is 34.7 Å². The summed E-state index contributed by atoms with van der Waals surface area (Å²) in [7, 11) is 0. The topological polar surface area (TPSA) is 23.8 Å². The highest BCUT2D eigenvalue weighted by molar-refractivity contribution is 14.1. The van der Waals surface area contributed by atoms with Gasteiger partial charge in [0.05, 0.1) is 12.5 Å². The Kier molecular flexibility index (Phi) is 2.83. The Morgan fingerprint density at radius 1 is 1.55 bits per heavy atom. The van der Waals surface area contributed by atoms with Gasteiger partial charge >= 0.3 is 0 Å². The van der Waals surface area contributed by atoms with Gasteiger partial charge in [-0.25, -0.2) is 4.39 Å². The fourth-order valence-electron chi connectivity index (χ4n) is 0.780. The number of nitriles is 1. The monoisotopic (exact) mass is 261 g/mol. The highest BCUT2D eigenvalue weighted by Crippen LogP contribution is 2.15. The molecule has 1 aromatic rings. The van der Waals surface area contributed by atoms with E-state index in [9.17, 15) is 4.39 Å². The summed E-state index contributed by atoms with van der Waals surface area (Å²) in [5.41, 5.74) is 0.496. The number of nitrogens with zero attached hydrogens (tertiary/aromatic N) is 1. The van der Waals surface area contributed by atoms with Crippen LogP contribution in [0.5, 0.6) is 0 Å². The Morgan fingerprint density at radius 3 is 2.82 bits per heavy atom. The van der Waals surface area contributed by atoms with Crippen LogP contribution in [0.3, 0.4) is 0 Å². The minimum Gasteiger partial charge on any atom is -0.207 e. The molecule has 0 aromatic heterocycles. The standard InChI is InChI=1S/C8H5FIN/c9-7-2-1-3-8(10)6(7)4-5-11/h1-3H,4H2. The van der Waals surface area contributed by atoms with E-state index < -0.39 is 0 Å². The molecule has 0 saturated heterocycles. The highest BCUT2D eigenvalue weighted by atomic mass is 127. The minimum atomic E-state index is -0.293. The summed E-state index contributed by atoms with van der Waals surface area (Å²) in [6, 6.07) is 6.72. The SMILES string of the molecule is N#CCc1c(F)cccc1I. The molecule has 0 N–H and O–H groups in total. The molecule has 0 amide bonds. The van der Waals surface area contributed by atoms with E-state index in [4.69, 9.17) is 5.26 Å². The first-order valence-corrected chi connectivity index (χ1v) is 4.13. The minimum absolute atomic E-state index is 0.144. The molecular formula is C8H5FIN. The van der Waals surface area contributed by atoms with Crippen LogP contribution >= 0.6 is 22.6 Å². The smallest absolute Gasteiger partial charge is 0.128 e. The molecule has 0 unspecified atom stereocenters. The number of rotatable bonds is 1. The molecule has 0 saturated carbocycles. The van der Waals surface area contributed by atoms with Crippen molar-refractivity contribution in [2.24, 2.45) is 0 Å². The zero-order chi connectivity index (χ0) is 8.27. The maximum absolute atomic E-state index is 12.9. The van der Waals surface area contributed by atoms with Crippen molar-refractivity contribution in [1.29, 1.82) is 5.26 Å². The van der Waals surface area contributed by atoms with Gasteiger partial charge in [0.2, 0.25) is 0 Å². The van der Waals surface area contributed by atoms with Crippen LogP contribution in [-0.4, -0.2) is 0 Å². The summed E-state index contributed by atoms with van der Waals surface area (Å²) >= 11 is 2.02. The fraction of sp³-hybridized carbons (Fsp3) is 0.125. The second-order valence-electron chi connectivity index (χ2n) is 2.04. The van der Waals surface area contributed by atoms with Crippen LogP contribution in [0.2, 0.25) is 0 Å². The van der Waals surface area contributed by atoms with E-state index in [1.807, 2.05) is 28.7 Å². The van der Waals surface area contributed by atoms with Gasteiger partial charge < -0.3 is 0 Å². The van der Waals surface area contributed by atoms with E-state index in [-0.39, 0.29) is 12.2 Å². The first-order valence-electron chi connectivity index (χ1n) is 3.05. The molecule has 1 nitrogen and oxygen atoms in total. The van der Waals surface area contributed by atoms with E-state index in [2.05, 4.69) is 0 Å². The average molecular weight is 261 g/mol. The van der Waals surface area contributed by atoms with Crippen LogP contribution in [-0.2, 0) is 6.42 Å². The molecule has 0 aliphatic carbocycles. The molecule has 0 aliphatic heterocycles. The lowest BCUT2D eigenvalue weighted by Gasteiger charge is -1.99. The lowest BCUT2D eigenvalue weighted by molar-refractivity contribution is 0.614. The van der Waals surface area contributed by atoms with Crippen molar-refractivity contribution in [2.75, 3.05) is 0 Å². The van der Waals surface area contributed by atoms with Crippen LogP contribution in [0.25, 0.3) is 0 Å². The fourth-order valence-corrected chi connectivity index (χ4v) is 1.44. The average Bonchev–Trinajstić information content (AvgIpc) is 1.97. The van der Waals surface area contributed by atoms with Gasteiger partial charge in [-0.1, -0.05) is 6.07 Å². The largest absolute Gasteiger partial charge is 0.207 e. The van der Waals surface area contributed by atoms with E-state index >= 15 is 0 Å². The van der Waals surface area contributed by atoms with Crippen LogP contribution in [0, 0.1) is 20.7 Å². The van der Waals surface area contributed by atoms with E-state index in [1.165, 1.54) is 6.07 Å². The predicted molar refractivity (Wildman–Crippen MR) is 48.4 cm³/mol. The van der Waals surface area contributed by atoms with Crippen molar-refractivity contribution >= 4 is 22.6 Å². The van der Waals surface area contributed by atoms with Crippen molar-refractivity contribution in [3.8, 4) is 6.07 Å². The molecule has 0 spiro atoms. The van der Waals surface area contributed by atoms with Gasteiger partial charge in [-0.3, -0.25) is 0 Å². The van der Waals surface area contributed by atoms with Crippen molar-refractivity contribution in [3.63, 3.8) is 0 Å². The molecular weight excluding hydrogens is 256 g/mol. The van der Waals surface area contributed by atoms with Gasteiger partial charge in [-0.15, -0.1) is 0 Å². The number of benzene rings is 1. The van der Waals surface area contributed by atoms with E-state index in [0.29, 0.717) is 5.56 Å². The molecule has 56 valence electrons. The van der Waals surface area contributed by atoms with Crippen molar-refractivity contribution in [2.45, 2.75) is 6.42 Å². The number of hydrogen-bond donors (Lipinski definition) is 0. The quantitative estimate of drug-likeness (QED) is 0.712. The lowest BCUT2D eigenvalue weighted by atomic mass is 10.1. The van der Waals surface area contributed by atoms with E-state index in [0.717, 1.165) is 3.57 Å². The summed E-state index contributed by atoms with van der Waals surface area (Å²) in [6.07, 6.45) is 0.144. The Morgan fingerprint density at radius 2 is 2.27 bits per heavy atom. The first kappa shape index (κ1) is 8.47. The third-order valence-electron chi connectivity index (χ3n) is 1.32. The molecule has 0 atom stereocenters. The van der Waals surface area contributed by atoms with Crippen LogP contribution in [0.15, 0.2) is 18.2 Å². The zero-order valence-corrected chi connectivity index (χ0v) is 7.80. The van der Waals surface area contributed by atoms with Gasteiger partial charge in [0.15, 0.2) is 0 Å². The molecule has 0 heterocycles. The van der Waals surface area contributed by atoms with Gasteiger partial charge in [0.1, 0.15) is 5.82 Å². The van der Waals surface area contributed by atoms with Gasteiger partial charge in [-0.2, -0.15) is 5.26 Å². The Bertz CT molecular complexity index is 283. The van der Waals surface area contributed by atoms with Crippen molar-refractivity contribution in [3.05, 3.63) is 33.1 Å². The molecule has 0 fully saturated rings. The van der Waals surface area contributed by atoms with Crippen LogP contribution in [0.1, 0.15) is 5.56 Å². The summed E-state index contributed by atoms with van der Waals surface area (Å²) < 4.78 is 13.7. The van der Waals surface area contributed by atoms with Crippen LogP contribution in [0.4, 0.5) is 4.39 Å². The molecule has 1 rings (SSSR count). The summed E-state index contributed by atoms with van der Waals surface area (Å²) in [4.78, 5) is 0.